The minimum Gasteiger partial charge on any atom is -0.504 e. The van der Waals surface area contributed by atoms with Crippen LogP contribution in [0.15, 0.2) is 36.4 Å². The molecule has 0 radical (unpaired) electrons. The minimum absolute atomic E-state index is 0.0504. The highest BCUT2D eigenvalue weighted by molar-refractivity contribution is 5.62. The summed E-state index contributed by atoms with van der Waals surface area (Å²) in [5, 5.41) is 23.2. The molecular weight excluding hydrogens is 258 g/mol. The van der Waals surface area contributed by atoms with Gasteiger partial charge in [-0.15, -0.1) is 0 Å². The average molecular weight is 275 g/mol. The molecule has 0 heterocycles. The van der Waals surface area contributed by atoms with E-state index in [9.17, 15) is 10.2 Å². The monoisotopic (exact) mass is 275 g/mol. The van der Waals surface area contributed by atoms with Gasteiger partial charge in [-0.25, -0.2) is 0 Å². The molecule has 2 aromatic carbocycles. The van der Waals surface area contributed by atoms with Gasteiger partial charge in [0.15, 0.2) is 11.5 Å². The maximum atomic E-state index is 10.1. The smallest absolute Gasteiger partial charge is 0.207 e. The maximum absolute atomic E-state index is 10.1. The summed E-state index contributed by atoms with van der Waals surface area (Å²) in [7, 11) is 2.81. The fourth-order valence-corrected chi connectivity index (χ4v) is 1.94. The van der Waals surface area contributed by atoms with E-state index in [0.717, 1.165) is 5.69 Å². The number of anilines is 1. The second kappa shape index (κ2) is 6.06. The minimum atomic E-state index is -0.0768. The van der Waals surface area contributed by atoms with Crippen LogP contribution in [0.3, 0.4) is 0 Å². The third kappa shape index (κ3) is 2.71. The van der Waals surface area contributed by atoms with Crippen LogP contribution in [0.2, 0.25) is 0 Å². The SMILES string of the molecule is COc1c(O)cc(CNc2ccccc2)c(O)c1OC. The fraction of sp³-hybridized carbons (Fsp3) is 0.200. The first-order chi connectivity index (χ1) is 9.67. The first-order valence-corrected chi connectivity index (χ1v) is 6.12. The molecular formula is C15H17NO4. The molecule has 3 N–H and O–H groups in total. The molecule has 2 rings (SSSR count). The van der Waals surface area contributed by atoms with Gasteiger partial charge in [0, 0.05) is 17.8 Å². The predicted octanol–water partition coefficient (Wildman–Crippen LogP) is 2.73. The lowest BCUT2D eigenvalue weighted by Gasteiger charge is -2.15. The maximum Gasteiger partial charge on any atom is 0.207 e. The molecule has 0 aliphatic rings. The standard InChI is InChI=1S/C15H17NO4/c1-19-14-12(17)8-10(13(18)15(14)20-2)9-16-11-6-4-3-5-7-11/h3-8,16-18H,9H2,1-2H3. The molecule has 5 heteroatoms. The van der Waals surface area contributed by atoms with E-state index in [0.29, 0.717) is 12.1 Å². The van der Waals surface area contributed by atoms with Gasteiger partial charge in [-0.2, -0.15) is 0 Å². The van der Waals surface area contributed by atoms with Gasteiger partial charge in [0.1, 0.15) is 0 Å². The van der Waals surface area contributed by atoms with E-state index in [2.05, 4.69) is 5.32 Å². The highest BCUT2D eigenvalue weighted by Gasteiger charge is 2.18. The normalized spacial score (nSPS) is 10.1. The number of rotatable bonds is 5. The summed E-state index contributed by atoms with van der Waals surface area (Å²) in [6.45, 7) is 0.351. The molecule has 2 aromatic rings. The van der Waals surface area contributed by atoms with Crippen molar-refractivity contribution in [1.29, 1.82) is 0 Å². The summed E-state index contributed by atoms with van der Waals surface area (Å²) in [6.07, 6.45) is 0. The molecule has 0 aliphatic heterocycles. The summed E-state index contributed by atoms with van der Waals surface area (Å²) in [4.78, 5) is 0. The molecule has 0 spiro atoms. The molecule has 5 nitrogen and oxygen atoms in total. The lowest BCUT2D eigenvalue weighted by molar-refractivity contribution is 0.315. The Kier molecular flexibility index (Phi) is 4.20. The molecule has 0 bridgehead atoms. The Balaban J connectivity index is 2.26. The Morgan fingerprint density at radius 2 is 1.65 bits per heavy atom. The summed E-state index contributed by atoms with van der Waals surface area (Å²) >= 11 is 0. The number of benzene rings is 2. The molecule has 0 fully saturated rings. The van der Waals surface area contributed by atoms with Crippen LogP contribution in [-0.4, -0.2) is 24.4 Å². The number of hydrogen-bond acceptors (Lipinski definition) is 5. The summed E-state index contributed by atoms with van der Waals surface area (Å²) in [5.74, 6) is 0.114. The van der Waals surface area contributed by atoms with Gasteiger partial charge in [-0.3, -0.25) is 0 Å². The highest BCUT2D eigenvalue weighted by Crippen LogP contribution is 2.45. The molecule has 0 aromatic heterocycles. The van der Waals surface area contributed by atoms with Gasteiger partial charge in [-0.1, -0.05) is 18.2 Å². The van der Waals surface area contributed by atoms with E-state index in [4.69, 9.17) is 9.47 Å². The number of phenols is 2. The van der Waals surface area contributed by atoms with Crippen molar-refractivity contribution in [1.82, 2.24) is 0 Å². The van der Waals surface area contributed by atoms with Gasteiger partial charge >= 0.3 is 0 Å². The molecule has 106 valence electrons. The third-order valence-electron chi connectivity index (χ3n) is 2.93. The Bertz CT molecular complexity index is 584. The summed E-state index contributed by atoms with van der Waals surface area (Å²) < 4.78 is 10.1. The lowest BCUT2D eigenvalue weighted by Crippen LogP contribution is -2.01. The van der Waals surface area contributed by atoms with Crippen molar-refractivity contribution in [2.75, 3.05) is 19.5 Å². The van der Waals surface area contributed by atoms with E-state index in [-0.39, 0.29) is 23.0 Å². The van der Waals surface area contributed by atoms with Crippen LogP contribution < -0.4 is 14.8 Å². The van der Waals surface area contributed by atoms with Crippen LogP contribution in [0.4, 0.5) is 5.69 Å². The van der Waals surface area contributed by atoms with E-state index < -0.39 is 0 Å². The Hall–Kier alpha value is -2.56. The molecule has 0 atom stereocenters. The van der Waals surface area contributed by atoms with Gasteiger partial charge in [0.2, 0.25) is 11.5 Å². The number of para-hydroxylation sites is 1. The first-order valence-electron chi connectivity index (χ1n) is 6.12. The quantitative estimate of drug-likeness (QED) is 0.732. The van der Waals surface area contributed by atoms with Crippen molar-refractivity contribution in [2.45, 2.75) is 6.54 Å². The third-order valence-corrected chi connectivity index (χ3v) is 2.93. The zero-order chi connectivity index (χ0) is 14.5. The number of hydrogen-bond donors (Lipinski definition) is 3. The molecule has 0 aliphatic carbocycles. The van der Waals surface area contributed by atoms with Crippen molar-refractivity contribution in [3.63, 3.8) is 0 Å². The van der Waals surface area contributed by atoms with Crippen LogP contribution in [0, 0.1) is 0 Å². The van der Waals surface area contributed by atoms with Crippen LogP contribution in [0.25, 0.3) is 0 Å². The zero-order valence-electron chi connectivity index (χ0n) is 11.4. The second-order valence-corrected chi connectivity index (χ2v) is 4.19. The Labute approximate surface area is 117 Å². The number of aromatic hydroxyl groups is 2. The topological polar surface area (TPSA) is 71.0 Å². The molecule has 20 heavy (non-hydrogen) atoms. The van der Waals surface area contributed by atoms with E-state index >= 15 is 0 Å². The molecule has 0 saturated carbocycles. The van der Waals surface area contributed by atoms with Crippen molar-refractivity contribution in [3.05, 3.63) is 42.0 Å². The Morgan fingerprint density at radius 1 is 1.00 bits per heavy atom. The van der Waals surface area contributed by atoms with Crippen LogP contribution in [0.1, 0.15) is 5.56 Å². The van der Waals surface area contributed by atoms with E-state index in [1.165, 1.54) is 20.3 Å². The van der Waals surface area contributed by atoms with Crippen molar-refractivity contribution in [3.8, 4) is 23.0 Å². The largest absolute Gasteiger partial charge is 0.504 e. The summed E-state index contributed by atoms with van der Waals surface area (Å²) in [5.41, 5.74) is 1.44. The van der Waals surface area contributed by atoms with E-state index in [1.54, 1.807) is 0 Å². The van der Waals surface area contributed by atoms with Gasteiger partial charge < -0.3 is 25.0 Å². The summed E-state index contributed by atoms with van der Waals surface area (Å²) in [6, 6.07) is 11.0. The lowest BCUT2D eigenvalue weighted by atomic mass is 10.1. The second-order valence-electron chi connectivity index (χ2n) is 4.19. The predicted molar refractivity (Wildman–Crippen MR) is 76.6 cm³/mol. The van der Waals surface area contributed by atoms with Gasteiger partial charge in [0.05, 0.1) is 14.2 Å². The fourth-order valence-electron chi connectivity index (χ4n) is 1.94. The van der Waals surface area contributed by atoms with Crippen molar-refractivity contribution < 1.29 is 19.7 Å². The molecule has 0 saturated heterocycles. The van der Waals surface area contributed by atoms with Gasteiger partial charge in [-0.05, 0) is 18.2 Å². The van der Waals surface area contributed by atoms with Crippen molar-refractivity contribution in [2.24, 2.45) is 0 Å². The zero-order valence-corrected chi connectivity index (χ0v) is 11.4. The first kappa shape index (κ1) is 13.9. The Morgan fingerprint density at radius 3 is 2.25 bits per heavy atom. The van der Waals surface area contributed by atoms with Crippen LogP contribution in [-0.2, 0) is 6.54 Å². The van der Waals surface area contributed by atoms with Crippen LogP contribution >= 0.6 is 0 Å². The number of methoxy groups -OCH3 is 2. The van der Waals surface area contributed by atoms with Crippen LogP contribution in [0.5, 0.6) is 23.0 Å². The van der Waals surface area contributed by atoms with Crippen molar-refractivity contribution >= 4 is 5.69 Å². The number of nitrogens with one attached hydrogen (secondary N) is 1. The molecule has 0 unspecified atom stereocenters. The van der Waals surface area contributed by atoms with Gasteiger partial charge in [0.25, 0.3) is 0 Å². The number of ether oxygens (including phenoxy) is 2. The average Bonchev–Trinajstić information content (AvgIpc) is 2.48. The van der Waals surface area contributed by atoms with E-state index in [1.807, 2.05) is 30.3 Å². The highest BCUT2D eigenvalue weighted by atomic mass is 16.5. The molecule has 0 amide bonds. The number of phenolic OH excluding ortho intramolecular Hbond substituents is 2.